The summed E-state index contributed by atoms with van der Waals surface area (Å²) >= 11 is 6.81. The summed E-state index contributed by atoms with van der Waals surface area (Å²) in [5.41, 5.74) is 2.64. The molecule has 7 nitrogen and oxygen atoms in total. The van der Waals surface area contributed by atoms with E-state index in [9.17, 15) is 9.18 Å². The normalized spacial score (nSPS) is 17.4. The predicted molar refractivity (Wildman–Crippen MR) is 138 cm³/mol. The number of carbonyl (C=O) groups excluding carboxylic acids is 1. The fourth-order valence-electron chi connectivity index (χ4n) is 5.03. The number of pyridine rings is 1. The van der Waals surface area contributed by atoms with E-state index in [2.05, 4.69) is 9.88 Å². The van der Waals surface area contributed by atoms with Crippen LogP contribution in [0.5, 0.6) is 11.5 Å². The van der Waals surface area contributed by atoms with E-state index in [-0.39, 0.29) is 12.1 Å². The Hall–Kier alpha value is -3.26. The van der Waals surface area contributed by atoms with Crippen LogP contribution in [-0.4, -0.2) is 61.0 Å². The van der Waals surface area contributed by atoms with Gasteiger partial charge in [0.05, 0.1) is 36.1 Å². The highest BCUT2D eigenvalue weighted by Gasteiger charge is 2.37. The van der Waals surface area contributed by atoms with Crippen LogP contribution in [0.2, 0.25) is 5.02 Å². The molecule has 0 unspecified atom stereocenters. The van der Waals surface area contributed by atoms with Gasteiger partial charge in [-0.1, -0.05) is 17.7 Å². The molecule has 2 aromatic carbocycles. The van der Waals surface area contributed by atoms with Crippen LogP contribution in [0.3, 0.4) is 0 Å². The van der Waals surface area contributed by atoms with Crippen LogP contribution in [0.1, 0.15) is 26.3 Å². The second kappa shape index (κ2) is 9.00. The van der Waals surface area contributed by atoms with Crippen molar-refractivity contribution in [3.63, 3.8) is 0 Å². The largest absolute Gasteiger partial charge is 0.496 e. The fraction of sp³-hybridized carbons (Fsp3) is 0.407. The van der Waals surface area contributed by atoms with E-state index in [1.807, 2.05) is 33.8 Å². The van der Waals surface area contributed by atoms with Crippen molar-refractivity contribution in [3.8, 4) is 22.6 Å². The number of ether oxygens (including phenoxy) is 3. The second-order valence-electron chi connectivity index (χ2n) is 10.1. The van der Waals surface area contributed by atoms with Gasteiger partial charge in [0.2, 0.25) is 0 Å². The van der Waals surface area contributed by atoms with E-state index in [4.69, 9.17) is 25.8 Å². The molecule has 0 spiro atoms. The molecule has 9 heteroatoms. The van der Waals surface area contributed by atoms with Gasteiger partial charge >= 0.3 is 6.09 Å². The first-order valence-electron chi connectivity index (χ1n) is 11.9. The molecular formula is C27H29ClFN3O4. The van der Waals surface area contributed by atoms with Crippen molar-refractivity contribution in [2.75, 3.05) is 38.3 Å². The standard InChI is InChI=1S/C27H29ClFN3O4/c1-15-22(23-19(29)7-6-8-20(23)34-5)18(28)11-17-24(15)30-12-21-25(17)32-10-9-31(13-16(32)14-35-21)26(33)36-27(2,3)4/h6-8,11-12,16H,9-10,13-14H2,1-5H3/t16-/m1/s1. The molecule has 0 N–H and O–H groups in total. The number of piperazine rings is 1. The van der Waals surface area contributed by atoms with Crippen LogP contribution in [0.15, 0.2) is 30.5 Å². The average molecular weight is 514 g/mol. The van der Waals surface area contributed by atoms with Gasteiger partial charge in [0.1, 0.15) is 23.8 Å². The van der Waals surface area contributed by atoms with E-state index >= 15 is 0 Å². The first-order valence-corrected chi connectivity index (χ1v) is 12.3. The number of benzene rings is 2. The molecule has 2 aliphatic heterocycles. The Kier molecular flexibility index (Phi) is 6.11. The SMILES string of the molecule is COc1cccc(F)c1-c1c(Cl)cc2c3c(cnc2c1C)OC[C@H]1CN(C(=O)OC(C)(C)C)CCN31. The lowest BCUT2D eigenvalue weighted by Gasteiger charge is -2.45. The Bertz CT molecular complexity index is 1360. The van der Waals surface area contributed by atoms with Crippen LogP contribution < -0.4 is 14.4 Å². The summed E-state index contributed by atoms with van der Waals surface area (Å²) in [5, 5.41) is 1.22. The number of rotatable bonds is 2. The smallest absolute Gasteiger partial charge is 0.410 e. The highest BCUT2D eigenvalue weighted by molar-refractivity contribution is 6.35. The van der Waals surface area contributed by atoms with Crippen LogP contribution in [-0.2, 0) is 4.74 Å². The maximum atomic E-state index is 15.0. The monoisotopic (exact) mass is 513 g/mol. The number of halogens is 2. The van der Waals surface area contributed by atoms with Crippen molar-refractivity contribution in [2.24, 2.45) is 0 Å². The molecule has 5 rings (SSSR count). The lowest BCUT2D eigenvalue weighted by molar-refractivity contribution is 0.0195. The van der Waals surface area contributed by atoms with Crippen molar-refractivity contribution in [1.29, 1.82) is 0 Å². The topological polar surface area (TPSA) is 64.1 Å². The highest BCUT2D eigenvalue weighted by atomic mass is 35.5. The lowest BCUT2D eigenvalue weighted by Crippen LogP contribution is -2.59. The highest BCUT2D eigenvalue weighted by Crippen LogP contribution is 2.46. The number of aryl methyl sites for hydroxylation is 1. The molecule has 190 valence electrons. The van der Waals surface area contributed by atoms with Crippen LogP contribution >= 0.6 is 11.6 Å². The number of carbonyl (C=O) groups is 1. The third-order valence-corrected chi connectivity index (χ3v) is 6.89. The number of methoxy groups -OCH3 is 1. The molecule has 36 heavy (non-hydrogen) atoms. The maximum absolute atomic E-state index is 15.0. The Balaban J connectivity index is 1.56. The number of hydrogen-bond acceptors (Lipinski definition) is 6. The molecule has 3 heterocycles. The van der Waals surface area contributed by atoms with Gasteiger partial charge in [-0.3, -0.25) is 4.98 Å². The van der Waals surface area contributed by atoms with Crippen molar-refractivity contribution >= 4 is 34.3 Å². The van der Waals surface area contributed by atoms with Gasteiger partial charge in [-0.15, -0.1) is 0 Å². The summed E-state index contributed by atoms with van der Waals surface area (Å²) in [6.45, 7) is 9.50. The molecule has 2 aliphatic rings. The molecule has 1 saturated heterocycles. The second-order valence-corrected chi connectivity index (χ2v) is 10.5. The predicted octanol–water partition coefficient (Wildman–Crippen LogP) is 5.83. The van der Waals surface area contributed by atoms with E-state index in [0.29, 0.717) is 59.4 Å². The van der Waals surface area contributed by atoms with E-state index in [0.717, 1.165) is 16.6 Å². The minimum absolute atomic E-state index is 0.0465. The summed E-state index contributed by atoms with van der Waals surface area (Å²) in [7, 11) is 1.51. The van der Waals surface area contributed by atoms with Gasteiger partial charge in [0.25, 0.3) is 0 Å². The Morgan fingerprint density at radius 3 is 2.75 bits per heavy atom. The average Bonchev–Trinajstić information content (AvgIpc) is 2.83. The van der Waals surface area contributed by atoms with Crippen LogP contribution in [0, 0.1) is 12.7 Å². The summed E-state index contributed by atoms with van der Waals surface area (Å²) in [6.07, 6.45) is 1.38. The molecule has 1 amide bonds. The number of aromatic nitrogens is 1. The van der Waals surface area contributed by atoms with Crippen molar-refractivity contribution < 1.29 is 23.4 Å². The zero-order valence-corrected chi connectivity index (χ0v) is 21.8. The first kappa shape index (κ1) is 24.4. The lowest BCUT2D eigenvalue weighted by atomic mass is 9.95. The van der Waals surface area contributed by atoms with E-state index in [1.54, 1.807) is 23.2 Å². The summed E-state index contributed by atoms with van der Waals surface area (Å²) in [6, 6.07) is 6.48. The number of amides is 1. The molecule has 0 saturated carbocycles. The van der Waals surface area contributed by atoms with Crippen molar-refractivity contribution in [1.82, 2.24) is 9.88 Å². The summed E-state index contributed by atoms with van der Waals surface area (Å²) < 4.78 is 32.0. The number of fused-ring (bicyclic) bond motifs is 5. The van der Waals surface area contributed by atoms with Gasteiger partial charge < -0.3 is 24.0 Å². The molecular weight excluding hydrogens is 485 g/mol. The summed E-state index contributed by atoms with van der Waals surface area (Å²) in [5.74, 6) is 0.647. The summed E-state index contributed by atoms with van der Waals surface area (Å²) in [4.78, 5) is 21.3. The van der Waals surface area contributed by atoms with Gasteiger partial charge in [0, 0.05) is 35.6 Å². The quantitative estimate of drug-likeness (QED) is 0.429. The molecule has 1 atom stereocenters. The van der Waals surface area contributed by atoms with Crippen LogP contribution in [0.25, 0.3) is 22.0 Å². The van der Waals surface area contributed by atoms with Crippen LogP contribution in [0.4, 0.5) is 14.9 Å². The van der Waals surface area contributed by atoms with Gasteiger partial charge in [-0.25, -0.2) is 9.18 Å². The van der Waals surface area contributed by atoms with E-state index < -0.39 is 11.4 Å². The third kappa shape index (κ3) is 4.17. The number of nitrogens with zero attached hydrogens (tertiary/aromatic N) is 3. The zero-order chi connectivity index (χ0) is 25.8. The van der Waals surface area contributed by atoms with E-state index in [1.165, 1.54) is 13.2 Å². The Labute approximate surface area is 214 Å². The third-order valence-electron chi connectivity index (χ3n) is 6.59. The van der Waals surface area contributed by atoms with Gasteiger partial charge in [0.15, 0.2) is 5.75 Å². The Morgan fingerprint density at radius 2 is 2.03 bits per heavy atom. The fourth-order valence-corrected chi connectivity index (χ4v) is 5.37. The molecule has 0 radical (unpaired) electrons. The van der Waals surface area contributed by atoms with Crippen molar-refractivity contribution in [2.45, 2.75) is 39.3 Å². The zero-order valence-electron chi connectivity index (χ0n) is 21.0. The number of hydrogen-bond donors (Lipinski definition) is 0. The maximum Gasteiger partial charge on any atom is 0.410 e. The minimum atomic E-state index is -0.557. The first-order chi connectivity index (χ1) is 17.1. The number of anilines is 1. The molecule has 1 aromatic heterocycles. The van der Waals surface area contributed by atoms with Crippen molar-refractivity contribution in [3.05, 3.63) is 46.9 Å². The molecule has 3 aromatic rings. The minimum Gasteiger partial charge on any atom is -0.496 e. The molecule has 1 fully saturated rings. The Morgan fingerprint density at radius 1 is 1.25 bits per heavy atom. The molecule has 0 aliphatic carbocycles. The van der Waals surface area contributed by atoms with Gasteiger partial charge in [-0.05, 0) is 51.5 Å². The molecule has 0 bridgehead atoms. The van der Waals surface area contributed by atoms with Gasteiger partial charge in [-0.2, -0.15) is 0 Å².